The number of carboxylic acids is 1. The minimum Gasteiger partial charge on any atom is -0.482 e. The summed E-state index contributed by atoms with van der Waals surface area (Å²) >= 11 is 0. The van der Waals surface area contributed by atoms with Gasteiger partial charge in [-0.05, 0) is 29.8 Å². The third kappa shape index (κ3) is 3.67. The molecule has 90 valence electrons. The van der Waals surface area contributed by atoms with Crippen LogP contribution in [0.3, 0.4) is 0 Å². The predicted octanol–water partition coefficient (Wildman–Crippen LogP) is 1.15. The molecular weight excluding hydrogens is 250 g/mol. The first kappa shape index (κ1) is 12.8. The third-order valence-electron chi connectivity index (χ3n) is 1.63. The molecule has 0 fully saturated rings. The normalized spacial score (nSPS) is 10.4. The lowest BCUT2D eigenvalue weighted by molar-refractivity contribution is -0.139. The van der Waals surface area contributed by atoms with Crippen LogP contribution in [0.15, 0.2) is 33.7 Å². The van der Waals surface area contributed by atoms with Crippen LogP contribution in [0.2, 0.25) is 0 Å². The van der Waals surface area contributed by atoms with E-state index in [4.69, 9.17) is 15.4 Å². The van der Waals surface area contributed by atoms with E-state index in [-0.39, 0.29) is 10.6 Å². The van der Waals surface area contributed by atoms with Crippen LogP contribution in [0, 0.1) is 0 Å². The molecule has 0 amide bonds. The molecule has 0 aromatic heterocycles. The number of ether oxygens (including phenoxy) is 1. The molecule has 9 heteroatoms. The maximum Gasteiger partial charge on any atom is 0.341 e. The number of aliphatic carboxylic acids is 1. The summed E-state index contributed by atoms with van der Waals surface area (Å²) in [6.45, 7) is -0.525. The fourth-order valence-electron chi connectivity index (χ4n) is 0.948. The first-order chi connectivity index (χ1) is 7.95. The molecule has 0 aliphatic rings. The molecule has 1 N–H and O–H groups in total. The van der Waals surface area contributed by atoms with Gasteiger partial charge in [0.05, 0.1) is 4.90 Å². The summed E-state index contributed by atoms with van der Waals surface area (Å²) in [6.07, 6.45) is 0. The molecule has 0 spiro atoms. The monoisotopic (exact) mass is 257 g/mol. The number of azide groups is 1. The van der Waals surface area contributed by atoms with Crippen LogP contribution in [0.4, 0.5) is 0 Å². The second-order valence-corrected chi connectivity index (χ2v) is 4.38. The van der Waals surface area contributed by atoms with Crippen molar-refractivity contribution in [3.05, 3.63) is 34.7 Å². The van der Waals surface area contributed by atoms with Crippen LogP contribution in [0.5, 0.6) is 5.75 Å². The Bertz CT molecular complexity index is 559. The van der Waals surface area contributed by atoms with E-state index in [9.17, 15) is 13.2 Å². The molecule has 0 heterocycles. The summed E-state index contributed by atoms with van der Waals surface area (Å²) in [5, 5.41) is 8.35. The fraction of sp³-hybridized carbons (Fsp3) is 0.125. The number of sulfonamides is 1. The van der Waals surface area contributed by atoms with Gasteiger partial charge in [-0.15, -0.1) is 0 Å². The van der Waals surface area contributed by atoms with Gasteiger partial charge in [-0.1, -0.05) is 0 Å². The Morgan fingerprint density at radius 3 is 2.47 bits per heavy atom. The van der Waals surface area contributed by atoms with E-state index >= 15 is 0 Å². The summed E-state index contributed by atoms with van der Waals surface area (Å²) in [5.74, 6) is -0.942. The van der Waals surface area contributed by atoms with Gasteiger partial charge >= 0.3 is 5.97 Å². The quantitative estimate of drug-likeness (QED) is 0.480. The van der Waals surface area contributed by atoms with E-state index in [2.05, 4.69) is 9.43 Å². The molecule has 0 saturated heterocycles. The molecule has 1 aromatic rings. The van der Waals surface area contributed by atoms with Crippen LogP contribution in [-0.4, -0.2) is 26.1 Å². The van der Waals surface area contributed by atoms with Crippen LogP contribution in [0.1, 0.15) is 0 Å². The fourth-order valence-corrected chi connectivity index (χ4v) is 1.62. The molecule has 8 nitrogen and oxygen atoms in total. The average molecular weight is 257 g/mol. The minimum atomic E-state index is -4.02. The highest BCUT2D eigenvalue weighted by Crippen LogP contribution is 2.17. The van der Waals surface area contributed by atoms with E-state index < -0.39 is 22.6 Å². The zero-order valence-corrected chi connectivity index (χ0v) is 9.16. The van der Waals surface area contributed by atoms with Gasteiger partial charge < -0.3 is 9.84 Å². The van der Waals surface area contributed by atoms with Gasteiger partial charge in [-0.3, -0.25) is 0 Å². The Morgan fingerprint density at radius 1 is 1.41 bits per heavy atom. The van der Waals surface area contributed by atoms with Gasteiger partial charge in [0, 0.05) is 9.43 Å². The van der Waals surface area contributed by atoms with Gasteiger partial charge in [0.25, 0.3) is 10.0 Å². The molecule has 0 aliphatic carbocycles. The number of carboxylic acid groups (broad SMARTS) is 1. The molecule has 0 unspecified atom stereocenters. The zero-order chi connectivity index (χ0) is 12.9. The van der Waals surface area contributed by atoms with Gasteiger partial charge in [-0.25, -0.2) is 13.2 Å². The predicted molar refractivity (Wildman–Crippen MR) is 55.9 cm³/mol. The molecule has 1 rings (SSSR count). The molecular formula is C8H7N3O5S. The molecule has 0 bridgehead atoms. The molecule has 0 radical (unpaired) electrons. The Kier molecular flexibility index (Phi) is 3.91. The molecule has 0 saturated carbocycles. The van der Waals surface area contributed by atoms with E-state index in [0.29, 0.717) is 0 Å². The lowest BCUT2D eigenvalue weighted by atomic mass is 10.3. The summed E-state index contributed by atoms with van der Waals surface area (Å²) in [6, 6.07) is 4.84. The third-order valence-corrected chi connectivity index (χ3v) is 2.78. The maximum atomic E-state index is 11.3. The summed E-state index contributed by atoms with van der Waals surface area (Å²) in [7, 11) is -4.02. The van der Waals surface area contributed by atoms with Crippen molar-refractivity contribution < 1.29 is 23.1 Å². The Morgan fingerprint density at radius 2 is 2.00 bits per heavy atom. The highest BCUT2D eigenvalue weighted by atomic mass is 32.2. The SMILES string of the molecule is [N-]=[N+]=NS(=O)(=O)c1ccc(OCC(=O)O)cc1. The highest BCUT2D eigenvalue weighted by Gasteiger charge is 2.11. The van der Waals surface area contributed by atoms with Gasteiger partial charge in [0.15, 0.2) is 6.61 Å². The maximum absolute atomic E-state index is 11.3. The van der Waals surface area contributed by atoms with Crippen molar-refractivity contribution in [2.75, 3.05) is 6.61 Å². The molecule has 17 heavy (non-hydrogen) atoms. The smallest absolute Gasteiger partial charge is 0.341 e. The summed E-state index contributed by atoms with van der Waals surface area (Å²) < 4.78 is 30.0. The topological polar surface area (TPSA) is 129 Å². The number of benzene rings is 1. The van der Waals surface area contributed by atoms with Crippen molar-refractivity contribution in [1.29, 1.82) is 0 Å². The second kappa shape index (κ2) is 5.19. The first-order valence-corrected chi connectivity index (χ1v) is 5.66. The Hall–Kier alpha value is -2.25. The van der Waals surface area contributed by atoms with E-state index in [1.54, 1.807) is 0 Å². The Labute approximate surface area is 96.1 Å². The average Bonchev–Trinajstić information content (AvgIpc) is 2.27. The van der Waals surface area contributed by atoms with Crippen molar-refractivity contribution in [3.8, 4) is 5.75 Å². The standard InChI is InChI=1S/C8H7N3O5S/c9-10-11-17(14,15)7-3-1-6(2-4-7)16-5-8(12)13/h1-4H,5H2,(H,12,13). The summed E-state index contributed by atoms with van der Waals surface area (Å²) in [5.41, 5.74) is 8.05. The summed E-state index contributed by atoms with van der Waals surface area (Å²) in [4.78, 5) is 12.2. The van der Waals surface area contributed by atoms with Crippen LogP contribution >= 0.6 is 0 Å². The largest absolute Gasteiger partial charge is 0.482 e. The first-order valence-electron chi connectivity index (χ1n) is 4.22. The lowest BCUT2D eigenvalue weighted by Crippen LogP contribution is -2.09. The van der Waals surface area contributed by atoms with Crippen molar-refractivity contribution in [2.45, 2.75) is 4.90 Å². The van der Waals surface area contributed by atoms with Gasteiger partial charge in [0.1, 0.15) is 5.75 Å². The van der Waals surface area contributed by atoms with E-state index in [1.165, 1.54) is 12.1 Å². The van der Waals surface area contributed by atoms with Crippen molar-refractivity contribution >= 4 is 16.0 Å². The van der Waals surface area contributed by atoms with Crippen LogP contribution < -0.4 is 4.74 Å². The van der Waals surface area contributed by atoms with Gasteiger partial charge in [0.2, 0.25) is 0 Å². The zero-order valence-electron chi connectivity index (χ0n) is 8.35. The number of hydrogen-bond donors (Lipinski definition) is 1. The highest BCUT2D eigenvalue weighted by molar-refractivity contribution is 7.90. The Balaban J connectivity index is 2.88. The number of nitrogens with zero attached hydrogens (tertiary/aromatic N) is 3. The molecule has 0 atom stereocenters. The lowest BCUT2D eigenvalue weighted by Gasteiger charge is -2.03. The molecule has 1 aromatic carbocycles. The van der Waals surface area contributed by atoms with Crippen molar-refractivity contribution in [3.63, 3.8) is 0 Å². The number of carbonyl (C=O) groups is 1. The van der Waals surface area contributed by atoms with E-state index in [0.717, 1.165) is 12.1 Å². The van der Waals surface area contributed by atoms with Crippen molar-refractivity contribution in [1.82, 2.24) is 0 Å². The van der Waals surface area contributed by atoms with Crippen LogP contribution in [0.25, 0.3) is 10.4 Å². The minimum absolute atomic E-state index is 0.196. The molecule has 0 aliphatic heterocycles. The van der Waals surface area contributed by atoms with Crippen molar-refractivity contribution in [2.24, 2.45) is 4.52 Å². The van der Waals surface area contributed by atoms with Gasteiger partial charge in [-0.2, -0.15) is 0 Å². The number of hydrogen-bond acceptors (Lipinski definition) is 4. The number of rotatable bonds is 5. The van der Waals surface area contributed by atoms with Crippen LogP contribution in [-0.2, 0) is 14.8 Å². The second-order valence-electron chi connectivity index (χ2n) is 2.80. The van der Waals surface area contributed by atoms with E-state index in [1.807, 2.05) is 0 Å².